The zero-order valence-electron chi connectivity index (χ0n) is 23.9. The normalized spacial score (nSPS) is 20.5. The molecule has 2 saturated heterocycles. The van der Waals surface area contributed by atoms with E-state index >= 15 is 0 Å². The Labute approximate surface area is 266 Å². The molecule has 0 saturated carbocycles. The molecule has 0 spiro atoms. The van der Waals surface area contributed by atoms with E-state index in [1.54, 1.807) is 18.3 Å². The van der Waals surface area contributed by atoms with E-state index in [4.69, 9.17) is 16.6 Å². The van der Waals surface area contributed by atoms with Crippen molar-refractivity contribution >= 4 is 46.1 Å². The standard InChI is InChI=1S/C31H28ClF3N8OS/c32-23-16-19(33)6-7-22(23)27-26(24-8-10-43(39-24)30(34)35)25-17-21(18-42(25)28(38-27)29-36-9-15-45-29)40-11-13-41(14-12-40)31(44)37-20-4-2-1-3-5-20/h1-10,15-16,21,27,30H,11-14,17-18H2,(H,37,44)/t21-,27-/m0/s1. The first-order chi connectivity index (χ1) is 21.9. The predicted molar refractivity (Wildman–Crippen MR) is 167 cm³/mol. The van der Waals surface area contributed by atoms with Gasteiger partial charge in [0.25, 0.3) is 0 Å². The van der Waals surface area contributed by atoms with Crippen LogP contribution in [0.3, 0.4) is 0 Å². The van der Waals surface area contributed by atoms with Crippen molar-refractivity contribution in [3.05, 3.63) is 105 Å². The minimum atomic E-state index is -2.81. The van der Waals surface area contributed by atoms with E-state index in [0.717, 1.165) is 11.4 Å². The molecule has 2 amide bonds. The van der Waals surface area contributed by atoms with E-state index in [2.05, 4.69) is 25.2 Å². The number of anilines is 1. The van der Waals surface area contributed by atoms with Gasteiger partial charge in [-0.3, -0.25) is 9.89 Å². The lowest BCUT2D eigenvalue weighted by Crippen LogP contribution is -2.53. The quantitative estimate of drug-likeness (QED) is 0.262. The first kappa shape index (κ1) is 29.5. The van der Waals surface area contributed by atoms with Crippen molar-refractivity contribution in [3.8, 4) is 0 Å². The highest BCUT2D eigenvalue weighted by atomic mass is 35.5. The number of halogens is 4. The number of carbonyl (C=O) groups is 1. The van der Waals surface area contributed by atoms with E-state index in [0.29, 0.717) is 71.5 Å². The smallest absolute Gasteiger partial charge is 0.326 e. The highest BCUT2D eigenvalue weighted by Crippen LogP contribution is 2.47. The number of para-hydroxylation sites is 1. The minimum absolute atomic E-state index is 0.0547. The van der Waals surface area contributed by atoms with Gasteiger partial charge >= 0.3 is 12.6 Å². The van der Waals surface area contributed by atoms with Crippen molar-refractivity contribution in [1.82, 2.24) is 29.5 Å². The van der Waals surface area contributed by atoms with Crippen LogP contribution in [0.2, 0.25) is 5.02 Å². The minimum Gasteiger partial charge on any atom is -0.326 e. The topological polar surface area (TPSA) is 81.9 Å². The van der Waals surface area contributed by atoms with Crippen LogP contribution in [0.25, 0.3) is 5.57 Å². The van der Waals surface area contributed by atoms with Gasteiger partial charge in [-0.25, -0.2) is 18.9 Å². The molecule has 1 N–H and O–H groups in total. The van der Waals surface area contributed by atoms with Crippen LogP contribution in [-0.4, -0.2) is 80.1 Å². The summed E-state index contributed by atoms with van der Waals surface area (Å²) in [5.74, 6) is 0.157. The van der Waals surface area contributed by atoms with Crippen LogP contribution in [0.1, 0.15) is 35.3 Å². The first-order valence-electron chi connectivity index (χ1n) is 14.5. The summed E-state index contributed by atoms with van der Waals surface area (Å²) >= 11 is 8.02. The number of hydrogen-bond donors (Lipinski definition) is 1. The Morgan fingerprint density at radius 3 is 2.56 bits per heavy atom. The molecular weight excluding hydrogens is 625 g/mol. The van der Waals surface area contributed by atoms with Crippen LogP contribution in [0, 0.1) is 5.82 Å². The molecule has 0 bridgehead atoms. The Balaban J connectivity index is 1.21. The number of aromatic nitrogens is 3. The lowest BCUT2D eigenvalue weighted by molar-refractivity contribution is 0.0564. The SMILES string of the molecule is O=C(Nc1ccccc1)N1CCN([C@H]2CC3=C(c4ccn(C(F)F)n4)[C@H](c4ccc(F)cc4Cl)N=C(c4nccs4)N3C2)CC1. The Hall–Kier alpha value is -4.20. The summed E-state index contributed by atoms with van der Waals surface area (Å²) in [5.41, 5.74) is 3.17. The van der Waals surface area contributed by atoms with Crippen molar-refractivity contribution in [2.24, 2.45) is 4.99 Å². The van der Waals surface area contributed by atoms with Gasteiger partial charge in [-0.1, -0.05) is 35.9 Å². The molecule has 2 aromatic carbocycles. The van der Waals surface area contributed by atoms with Crippen LogP contribution in [-0.2, 0) is 0 Å². The largest absolute Gasteiger partial charge is 0.333 e. The van der Waals surface area contributed by atoms with Crippen molar-refractivity contribution in [2.45, 2.75) is 25.1 Å². The van der Waals surface area contributed by atoms with Crippen molar-refractivity contribution in [3.63, 3.8) is 0 Å². The number of urea groups is 1. The summed E-state index contributed by atoms with van der Waals surface area (Å²) in [7, 11) is 0. The van der Waals surface area contributed by atoms with Gasteiger partial charge in [-0.2, -0.15) is 13.9 Å². The van der Waals surface area contributed by atoms with Gasteiger partial charge in [-0.05, 0) is 30.3 Å². The Bertz CT molecular complexity index is 1760. The highest BCUT2D eigenvalue weighted by Gasteiger charge is 2.43. The summed E-state index contributed by atoms with van der Waals surface area (Å²) in [6.07, 6.45) is 3.54. The number of amides is 2. The fraction of sp³-hybridized carbons (Fsp3) is 0.290. The maximum absolute atomic E-state index is 14.1. The van der Waals surface area contributed by atoms with Gasteiger partial charge in [0.05, 0.1) is 5.69 Å². The third kappa shape index (κ3) is 5.83. The average Bonchev–Trinajstić information content (AvgIpc) is 3.83. The Morgan fingerprint density at radius 2 is 1.87 bits per heavy atom. The van der Waals surface area contributed by atoms with E-state index in [1.165, 1.54) is 29.7 Å². The van der Waals surface area contributed by atoms with Crippen LogP contribution in [0.15, 0.2) is 83.1 Å². The van der Waals surface area contributed by atoms with E-state index in [1.807, 2.05) is 40.6 Å². The maximum atomic E-state index is 14.1. The number of nitrogens with one attached hydrogen (secondary N) is 1. The van der Waals surface area contributed by atoms with Gasteiger partial charge < -0.3 is 15.1 Å². The number of benzene rings is 2. The summed E-state index contributed by atoms with van der Waals surface area (Å²) in [6, 6.07) is 14.2. The molecule has 232 valence electrons. The molecule has 9 nitrogen and oxygen atoms in total. The van der Waals surface area contributed by atoms with E-state index in [-0.39, 0.29) is 17.1 Å². The fourth-order valence-electron chi connectivity index (χ4n) is 6.19. The number of piperazine rings is 1. The molecule has 14 heteroatoms. The Morgan fingerprint density at radius 1 is 1.07 bits per heavy atom. The molecule has 5 heterocycles. The van der Waals surface area contributed by atoms with Crippen LogP contribution in [0.4, 0.5) is 23.7 Å². The molecule has 4 aromatic rings. The predicted octanol–water partition coefficient (Wildman–Crippen LogP) is 6.36. The van der Waals surface area contributed by atoms with Crippen molar-refractivity contribution in [2.75, 3.05) is 38.0 Å². The summed E-state index contributed by atoms with van der Waals surface area (Å²) in [4.78, 5) is 28.8. The number of alkyl halides is 2. The van der Waals surface area contributed by atoms with Gasteiger partial charge in [0.1, 0.15) is 11.9 Å². The number of nitrogens with zero attached hydrogens (tertiary/aromatic N) is 7. The fourth-order valence-corrected chi connectivity index (χ4v) is 7.10. The second-order valence-electron chi connectivity index (χ2n) is 11.0. The molecule has 45 heavy (non-hydrogen) atoms. The van der Waals surface area contributed by atoms with Crippen LogP contribution < -0.4 is 5.32 Å². The molecule has 2 atom stereocenters. The molecule has 3 aliphatic rings. The number of rotatable bonds is 6. The molecule has 2 aromatic heterocycles. The lowest BCUT2D eigenvalue weighted by Gasteiger charge is -2.37. The zero-order chi connectivity index (χ0) is 31.1. The summed E-state index contributed by atoms with van der Waals surface area (Å²) in [6.45, 7) is 0.230. The van der Waals surface area contributed by atoms with Crippen molar-refractivity contribution < 1.29 is 18.0 Å². The molecule has 0 radical (unpaired) electrons. The van der Waals surface area contributed by atoms with Gasteiger partial charge in [0, 0.05) is 90.5 Å². The number of aliphatic imine (C=N–C) groups is 1. The summed E-state index contributed by atoms with van der Waals surface area (Å²) in [5, 5.41) is 9.93. The Kier molecular flexibility index (Phi) is 8.06. The summed E-state index contributed by atoms with van der Waals surface area (Å²) < 4.78 is 42.0. The van der Waals surface area contributed by atoms with E-state index < -0.39 is 18.4 Å². The first-order valence-corrected chi connectivity index (χ1v) is 15.7. The van der Waals surface area contributed by atoms with E-state index in [9.17, 15) is 18.0 Å². The van der Waals surface area contributed by atoms with Crippen molar-refractivity contribution in [1.29, 1.82) is 0 Å². The molecule has 7 rings (SSSR count). The highest BCUT2D eigenvalue weighted by molar-refractivity contribution is 7.11. The third-order valence-electron chi connectivity index (χ3n) is 8.35. The lowest BCUT2D eigenvalue weighted by atomic mass is 9.92. The van der Waals surface area contributed by atoms with Crippen LogP contribution in [0.5, 0.6) is 0 Å². The molecule has 2 fully saturated rings. The number of thiazole rings is 1. The second kappa shape index (κ2) is 12.3. The van der Waals surface area contributed by atoms with Gasteiger partial charge in [-0.15, -0.1) is 11.3 Å². The second-order valence-corrected chi connectivity index (χ2v) is 12.3. The van der Waals surface area contributed by atoms with Gasteiger partial charge in [0.15, 0.2) is 10.8 Å². The zero-order valence-corrected chi connectivity index (χ0v) is 25.4. The number of carbonyl (C=O) groups excluding carboxylic acids is 1. The molecule has 0 unspecified atom stereocenters. The average molecular weight is 653 g/mol. The monoisotopic (exact) mass is 652 g/mol. The molecule has 3 aliphatic heterocycles. The number of amidine groups is 1. The maximum Gasteiger partial charge on any atom is 0.333 e. The van der Waals surface area contributed by atoms with Crippen LogP contribution >= 0.6 is 22.9 Å². The molecular formula is C31H28ClF3N8OS. The van der Waals surface area contributed by atoms with Gasteiger partial charge in [0.2, 0.25) is 0 Å². The molecule has 0 aliphatic carbocycles. The number of hydrogen-bond acceptors (Lipinski definition) is 7. The number of fused-ring (bicyclic) bond motifs is 1. The third-order valence-corrected chi connectivity index (χ3v) is 9.44.